The Morgan fingerprint density at radius 1 is 1.24 bits per heavy atom. The van der Waals surface area contributed by atoms with E-state index in [9.17, 15) is 9.18 Å². The van der Waals surface area contributed by atoms with Crippen molar-refractivity contribution >= 4 is 33.4 Å². The summed E-state index contributed by atoms with van der Waals surface area (Å²) in [5, 5.41) is 3.04. The molecule has 2 aromatic heterocycles. The Bertz CT molecular complexity index is 1040. The van der Waals surface area contributed by atoms with E-state index in [2.05, 4.69) is 20.2 Å². The minimum absolute atomic E-state index is 0.0931. The number of thiazole rings is 1. The van der Waals surface area contributed by atoms with Gasteiger partial charge in [-0.2, -0.15) is 0 Å². The van der Waals surface area contributed by atoms with Gasteiger partial charge < -0.3 is 19.9 Å². The first-order valence-electron chi connectivity index (χ1n) is 9.47. The summed E-state index contributed by atoms with van der Waals surface area (Å²) in [5.41, 5.74) is 3.46. The van der Waals surface area contributed by atoms with Crippen molar-refractivity contribution in [3.05, 3.63) is 47.4 Å². The van der Waals surface area contributed by atoms with E-state index in [4.69, 9.17) is 4.74 Å². The molecule has 150 valence electrons. The van der Waals surface area contributed by atoms with Gasteiger partial charge >= 0.3 is 6.03 Å². The number of halogens is 1. The number of anilines is 1. The highest BCUT2D eigenvalue weighted by Crippen LogP contribution is 2.30. The van der Waals surface area contributed by atoms with Gasteiger partial charge in [0.05, 0.1) is 29.3 Å². The van der Waals surface area contributed by atoms with E-state index in [1.165, 1.54) is 23.5 Å². The SMILES string of the molecule is Cc1ccc(N2CC(NC(=O)N3CC(Oc4cc(F)cc5scnc45)C3)C2)nc1. The van der Waals surface area contributed by atoms with Gasteiger partial charge in [0, 0.05) is 25.4 Å². The fraction of sp³-hybridized carbons (Fsp3) is 0.350. The van der Waals surface area contributed by atoms with Gasteiger partial charge in [0.15, 0.2) is 0 Å². The van der Waals surface area contributed by atoms with Crippen molar-refractivity contribution < 1.29 is 13.9 Å². The second-order valence-corrected chi connectivity index (χ2v) is 8.38. The number of amides is 2. The highest BCUT2D eigenvalue weighted by Gasteiger charge is 2.36. The molecular formula is C20H20FN5O2S. The van der Waals surface area contributed by atoms with Gasteiger partial charge in [0.25, 0.3) is 0 Å². The molecule has 29 heavy (non-hydrogen) atoms. The maximum atomic E-state index is 13.7. The molecule has 4 heterocycles. The van der Waals surface area contributed by atoms with Crippen molar-refractivity contribution in [1.82, 2.24) is 20.2 Å². The Balaban J connectivity index is 1.10. The molecule has 2 aliphatic rings. The highest BCUT2D eigenvalue weighted by atomic mass is 32.1. The zero-order valence-electron chi connectivity index (χ0n) is 15.8. The summed E-state index contributed by atoms with van der Waals surface area (Å²) >= 11 is 1.37. The lowest BCUT2D eigenvalue weighted by atomic mass is 10.1. The van der Waals surface area contributed by atoms with Gasteiger partial charge in [0.1, 0.15) is 29.0 Å². The number of aromatic nitrogens is 2. The topological polar surface area (TPSA) is 70.6 Å². The van der Waals surface area contributed by atoms with Crippen LogP contribution in [0.5, 0.6) is 5.75 Å². The molecule has 5 rings (SSSR count). The number of pyridine rings is 1. The molecule has 2 fully saturated rings. The van der Waals surface area contributed by atoms with Gasteiger partial charge in [-0.15, -0.1) is 11.3 Å². The van der Waals surface area contributed by atoms with Gasteiger partial charge in [-0.1, -0.05) is 6.07 Å². The summed E-state index contributed by atoms with van der Waals surface area (Å²) in [4.78, 5) is 24.9. The Labute approximate surface area is 171 Å². The maximum Gasteiger partial charge on any atom is 0.317 e. The monoisotopic (exact) mass is 413 g/mol. The zero-order valence-corrected chi connectivity index (χ0v) is 16.7. The first-order valence-corrected chi connectivity index (χ1v) is 10.4. The Kier molecular flexibility index (Phi) is 4.46. The Morgan fingerprint density at radius 2 is 2.07 bits per heavy atom. The van der Waals surface area contributed by atoms with E-state index in [1.54, 1.807) is 10.4 Å². The number of fused-ring (bicyclic) bond motifs is 1. The van der Waals surface area contributed by atoms with E-state index in [-0.39, 0.29) is 24.0 Å². The van der Waals surface area contributed by atoms with Crippen molar-refractivity contribution in [2.45, 2.75) is 19.1 Å². The standard InChI is InChI=1S/C20H20FN5O2S/c1-12-2-3-18(22-6-12)25-7-14(8-25)24-20(27)26-9-15(10-26)28-16-4-13(21)5-17-19(16)23-11-29-17/h2-6,11,14-15H,7-10H2,1H3,(H,24,27). The molecule has 1 aromatic carbocycles. The summed E-state index contributed by atoms with van der Waals surface area (Å²) in [7, 11) is 0. The number of carbonyl (C=O) groups excluding carboxylic acids is 1. The van der Waals surface area contributed by atoms with Gasteiger partial charge in [0.2, 0.25) is 0 Å². The van der Waals surface area contributed by atoms with E-state index in [0.717, 1.165) is 29.2 Å². The molecular weight excluding hydrogens is 393 g/mol. The van der Waals surface area contributed by atoms with Crippen LogP contribution in [0.3, 0.4) is 0 Å². The molecule has 0 bridgehead atoms. The second kappa shape index (κ2) is 7.14. The lowest BCUT2D eigenvalue weighted by molar-refractivity contribution is 0.0438. The number of aryl methyl sites for hydroxylation is 1. The fourth-order valence-electron chi connectivity index (χ4n) is 3.52. The van der Waals surface area contributed by atoms with Crippen LogP contribution in [0.1, 0.15) is 5.56 Å². The number of likely N-dealkylation sites (tertiary alicyclic amines) is 1. The number of carbonyl (C=O) groups is 1. The number of hydrogen-bond donors (Lipinski definition) is 1. The number of nitrogens with zero attached hydrogens (tertiary/aromatic N) is 4. The van der Waals surface area contributed by atoms with Crippen LogP contribution in [0.2, 0.25) is 0 Å². The molecule has 9 heteroatoms. The molecule has 0 aliphatic carbocycles. The largest absolute Gasteiger partial charge is 0.484 e. The lowest BCUT2D eigenvalue weighted by Gasteiger charge is -2.44. The van der Waals surface area contributed by atoms with Crippen molar-refractivity contribution in [3.8, 4) is 5.75 Å². The molecule has 0 saturated carbocycles. The van der Waals surface area contributed by atoms with Crippen LogP contribution in [0.4, 0.5) is 15.0 Å². The van der Waals surface area contributed by atoms with Crippen LogP contribution in [0.15, 0.2) is 36.0 Å². The fourth-order valence-corrected chi connectivity index (χ4v) is 4.24. The van der Waals surface area contributed by atoms with Crippen LogP contribution < -0.4 is 15.0 Å². The quantitative estimate of drug-likeness (QED) is 0.712. The molecule has 1 N–H and O–H groups in total. The second-order valence-electron chi connectivity index (χ2n) is 7.49. The molecule has 0 unspecified atom stereocenters. The molecule has 2 amide bonds. The average Bonchev–Trinajstić information content (AvgIpc) is 3.09. The van der Waals surface area contributed by atoms with Crippen molar-refractivity contribution in [1.29, 1.82) is 0 Å². The maximum absolute atomic E-state index is 13.7. The number of rotatable bonds is 4. The van der Waals surface area contributed by atoms with Crippen LogP contribution >= 0.6 is 11.3 Å². The first-order chi connectivity index (χ1) is 14.0. The minimum Gasteiger partial charge on any atom is -0.484 e. The number of nitrogens with one attached hydrogen (secondary N) is 1. The number of ether oxygens (including phenoxy) is 1. The minimum atomic E-state index is -0.344. The highest BCUT2D eigenvalue weighted by molar-refractivity contribution is 7.16. The molecule has 7 nitrogen and oxygen atoms in total. The van der Waals surface area contributed by atoms with E-state index >= 15 is 0 Å². The van der Waals surface area contributed by atoms with Crippen LogP contribution in [0.25, 0.3) is 10.2 Å². The number of urea groups is 1. The summed E-state index contributed by atoms with van der Waals surface area (Å²) < 4.78 is 20.4. The van der Waals surface area contributed by atoms with Crippen molar-refractivity contribution in [2.75, 3.05) is 31.1 Å². The summed E-state index contributed by atoms with van der Waals surface area (Å²) in [6.07, 6.45) is 1.70. The molecule has 0 radical (unpaired) electrons. The predicted octanol–water partition coefficient (Wildman–Crippen LogP) is 2.80. The average molecular weight is 413 g/mol. The smallest absolute Gasteiger partial charge is 0.317 e. The van der Waals surface area contributed by atoms with Gasteiger partial charge in [-0.25, -0.2) is 19.2 Å². The predicted molar refractivity (Wildman–Crippen MR) is 109 cm³/mol. The molecule has 0 spiro atoms. The first kappa shape index (κ1) is 18.1. The normalized spacial score (nSPS) is 17.2. The van der Waals surface area contributed by atoms with Gasteiger partial charge in [-0.3, -0.25) is 0 Å². The third-order valence-corrected chi connectivity index (χ3v) is 6.00. The number of hydrogen-bond acceptors (Lipinski definition) is 6. The molecule has 0 atom stereocenters. The van der Waals surface area contributed by atoms with E-state index < -0.39 is 0 Å². The van der Waals surface area contributed by atoms with Crippen LogP contribution in [-0.4, -0.2) is 59.2 Å². The zero-order chi connectivity index (χ0) is 20.0. The Morgan fingerprint density at radius 3 is 2.83 bits per heavy atom. The molecule has 3 aromatic rings. The third kappa shape index (κ3) is 3.57. The lowest BCUT2D eigenvalue weighted by Crippen LogP contribution is -2.65. The van der Waals surface area contributed by atoms with Crippen molar-refractivity contribution in [2.24, 2.45) is 0 Å². The Hall–Kier alpha value is -2.94. The van der Waals surface area contributed by atoms with Crippen LogP contribution in [-0.2, 0) is 0 Å². The number of benzene rings is 1. The van der Waals surface area contributed by atoms with Crippen LogP contribution in [0, 0.1) is 12.7 Å². The van der Waals surface area contributed by atoms with E-state index in [1.807, 2.05) is 25.3 Å². The third-order valence-electron chi connectivity index (χ3n) is 5.22. The summed E-state index contributed by atoms with van der Waals surface area (Å²) in [6, 6.07) is 6.86. The van der Waals surface area contributed by atoms with Gasteiger partial charge in [-0.05, 0) is 24.6 Å². The molecule has 2 saturated heterocycles. The summed E-state index contributed by atoms with van der Waals surface area (Å²) in [6.45, 7) is 4.46. The van der Waals surface area contributed by atoms with Crippen molar-refractivity contribution in [3.63, 3.8) is 0 Å². The summed E-state index contributed by atoms with van der Waals surface area (Å²) in [5.74, 6) is 1.02. The van der Waals surface area contributed by atoms with E-state index in [0.29, 0.717) is 24.4 Å². The molecule has 2 aliphatic heterocycles.